The number of nitrogens with one attached hydrogen (secondary N) is 1. The zero-order valence-electron chi connectivity index (χ0n) is 18.5. The molecule has 2 aromatic carbocycles. The molecule has 2 aliphatic rings. The molecule has 0 aromatic heterocycles. The van der Waals surface area contributed by atoms with E-state index in [2.05, 4.69) is 27.5 Å². The predicted octanol–water partition coefficient (Wildman–Crippen LogP) is 3.08. The number of hydrogen-bond acceptors (Lipinski definition) is 6. The van der Waals surface area contributed by atoms with Gasteiger partial charge in [-0.05, 0) is 60.9 Å². The van der Waals surface area contributed by atoms with Crippen LogP contribution in [0.2, 0.25) is 0 Å². The zero-order chi connectivity index (χ0) is 21.8. The van der Waals surface area contributed by atoms with Gasteiger partial charge >= 0.3 is 0 Å². The van der Waals surface area contributed by atoms with Crippen LogP contribution < -0.4 is 19.8 Å². The first-order valence-corrected chi connectivity index (χ1v) is 10.7. The molecule has 2 heterocycles. The van der Waals surface area contributed by atoms with Gasteiger partial charge in [0.05, 0.1) is 19.9 Å². The summed E-state index contributed by atoms with van der Waals surface area (Å²) in [5, 5.41) is 9.52. The monoisotopic (exact) mass is 422 g/mol. The highest BCUT2D eigenvalue weighted by atomic mass is 16.5. The lowest BCUT2D eigenvalue weighted by atomic mass is 9.99. The van der Waals surface area contributed by atoms with Gasteiger partial charge in [0, 0.05) is 50.4 Å². The molecule has 7 nitrogen and oxygen atoms in total. The molecule has 0 atom stereocenters. The minimum absolute atomic E-state index is 0.0449. The molecule has 31 heavy (non-hydrogen) atoms. The number of carbonyl (C=O) groups is 1. The Morgan fingerprint density at radius 1 is 1.03 bits per heavy atom. The number of rotatable bonds is 7. The van der Waals surface area contributed by atoms with E-state index in [0.29, 0.717) is 12.1 Å². The van der Waals surface area contributed by atoms with E-state index >= 15 is 0 Å². The Bertz CT molecular complexity index is 972. The van der Waals surface area contributed by atoms with Crippen molar-refractivity contribution in [3.63, 3.8) is 0 Å². The smallest absolute Gasteiger partial charge is 0.251 e. The maximum atomic E-state index is 12.5. The van der Waals surface area contributed by atoms with Gasteiger partial charge in [-0.25, -0.2) is 0 Å². The van der Waals surface area contributed by atoms with E-state index in [1.54, 1.807) is 14.2 Å². The summed E-state index contributed by atoms with van der Waals surface area (Å²) in [7, 11) is 3.32. The normalized spacial score (nSPS) is 16.0. The maximum absolute atomic E-state index is 12.5. The van der Waals surface area contributed by atoms with Gasteiger partial charge in [-0.1, -0.05) is 0 Å². The van der Waals surface area contributed by atoms with Crippen LogP contribution in [0.3, 0.4) is 0 Å². The van der Waals surface area contributed by atoms with E-state index in [9.17, 15) is 4.79 Å². The molecule has 7 heteroatoms. The topological polar surface area (TPSA) is 66.4 Å². The lowest BCUT2D eigenvalue weighted by molar-refractivity contribution is 0.0947. The summed E-state index contributed by atoms with van der Waals surface area (Å²) in [6.07, 6.45) is 1.95. The average Bonchev–Trinajstić information content (AvgIpc) is 3.24. The number of methoxy groups -OCH3 is 2. The Balaban J connectivity index is 1.28. The molecule has 1 N–H and O–H groups in total. The Morgan fingerprint density at radius 3 is 2.39 bits per heavy atom. The quantitative estimate of drug-likeness (QED) is 0.743. The average molecular weight is 423 g/mol. The first-order chi connectivity index (χ1) is 15.1. The van der Waals surface area contributed by atoms with Crippen LogP contribution in [-0.2, 0) is 13.0 Å². The molecular formula is C24H30N4O3. The van der Waals surface area contributed by atoms with Gasteiger partial charge in [0.2, 0.25) is 0 Å². The highest BCUT2D eigenvalue weighted by molar-refractivity contribution is 5.94. The summed E-state index contributed by atoms with van der Waals surface area (Å²) >= 11 is 0. The number of fused-ring (bicyclic) bond motifs is 1. The van der Waals surface area contributed by atoms with Crippen molar-refractivity contribution in [1.29, 1.82) is 0 Å². The van der Waals surface area contributed by atoms with Crippen LogP contribution >= 0.6 is 0 Å². The fraction of sp³-hybridized carbons (Fsp3) is 0.417. The number of ether oxygens (including phenoxy) is 2. The summed E-state index contributed by atoms with van der Waals surface area (Å²) in [4.78, 5) is 14.9. The Hall–Kier alpha value is -3.06. The van der Waals surface area contributed by atoms with Gasteiger partial charge in [-0.2, -0.15) is 5.10 Å². The molecule has 0 unspecified atom stereocenters. The largest absolute Gasteiger partial charge is 0.493 e. The van der Waals surface area contributed by atoms with Crippen molar-refractivity contribution < 1.29 is 14.3 Å². The van der Waals surface area contributed by atoms with Crippen LogP contribution in [0.25, 0.3) is 0 Å². The van der Waals surface area contributed by atoms with Crippen LogP contribution in [0, 0.1) is 0 Å². The number of amides is 1. The molecule has 0 aliphatic carbocycles. The van der Waals surface area contributed by atoms with Crippen molar-refractivity contribution in [1.82, 2.24) is 10.2 Å². The van der Waals surface area contributed by atoms with Crippen LogP contribution in [0.5, 0.6) is 11.5 Å². The van der Waals surface area contributed by atoms with Gasteiger partial charge < -0.3 is 14.8 Å². The van der Waals surface area contributed by atoms with Crippen molar-refractivity contribution >= 4 is 17.3 Å². The van der Waals surface area contributed by atoms with Gasteiger partial charge in [0.25, 0.3) is 5.91 Å². The van der Waals surface area contributed by atoms with E-state index in [0.717, 1.165) is 61.9 Å². The molecule has 0 saturated heterocycles. The van der Waals surface area contributed by atoms with Gasteiger partial charge in [-0.3, -0.25) is 14.7 Å². The molecule has 0 saturated carbocycles. The van der Waals surface area contributed by atoms with Crippen LogP contribution in [0.15, 0.2) is 41.5 Å². The highest BCUT2D eigenvalue weighted by Crippen LogP contribution is 2.33. The molecule has 164 valence electrons. The molecule has 4 rings (SSSR count). The third-order valence-electron chi connectivity index (χ3n) is 5.92. The first-order valence-electron chi connectivity index (χ1n) is 10.7. The number of hydrogen-bond donors (Lipinski definition) is 1. The minimum Gasteiger partial charge on any atom is -0.493 e. The summed E-state index contributed by atoms with van der Waals surface area (Å²) in [5.41, 5.74) is 5.39. The number of hydrazone groups is 1. The molecule has 0 radical (unpaired) electrons. The molecule has 2 aromatic rings. The van der Waals surface area contributed by atoms with E-state index < -0.39 is 0 Å². The fourth-order valence-electron chi connectivity index (χ4n) is 4.11. The number of nitrogens with zero attached hydrogens (tertiary/aromatic N) is 3. The Labute approximate surface area is 183 Å². The molecule has 0 fully saturated rings. The van der Waals surface area contributed by atoms with E-state index in [4.69, 9.17) is 9.47 Å². The first kappa shape index (κ1) is 21.2. The van der Waals surface area contributed by atoms with Gasteiger partial charge in [0.1, 0.15) is 0 Å². The third-order valence-corrected chi connectivity index (χ3v) is 5.92. The second-order valence-electron chi connectivity index (χ2n) is 8.01. The van der Waals surface area contributed by atoms with Crippen molar-refractivity contribution in [2.75, 3.05) is 45.4 Å². The molecule has 0 bridgehead atoms. The molecular weight excluding hydrogens is 392 g/mol. The summed E-state index contributed by atoms with van der Waals surface area (Å²) in [6, 6.07) is 11.8. The second-order valence-corrected chi connectivity index (χ2v) is 8.01. The van der Waals surface area contributed by atoms with E-state index in [1.165, 1.54) is 11.1 Å². The molecule has 1 amide bonds. The number of anilines is 1. The molecule has 2 aliphatic heterocycles. The summed E-state index contributed by atoms with van der Waals surface area (Å²) in [6.45, 7) is 6.15. The van der Waals surface area contributed by atoms with Crippen LogP contribution in [0.1, 0.15) is 34.8 Å². The second kappa shape index (κ2) is 9.39. The molecule has 0 spiro atoms. The zero-order valence-corrected chi connectivity index (χ0v) is 18.5. The third kappa shape index (κ3) is 4.82. The van der Waals surface area contributed by atoms with E-state index in [1.807, 2.05) is 36.2 Å². The van der Waals surface area contributed by atoms with Crippen molar-refractivity contribution in [2.45, 2.75) is 26.3 Å². The van der Waals surface area contributed by atoms with Crippen molar-refractivity contribution in [2.24, 2.45) is 5.10 Å². The summed E-state index contributed by atoms with van der Waals surface area (Å²) in [5.74, 6) is 1.49. The van der Waals surface area contributed by atoms with E-state index in [-0.39, 0.29) is 5.91 Å². The Morgan fingerprint density at radius 2 is 1.74 bits per heavy atom. The Kier molecular flexibility index (Phi) is 6.42. The van der Waals surface area contributed by atoms with Crippen LogP contribution in [0.4, 0.5) is 5.69 Å². The van der Waals surface area contributed by atoms with Crippen molar-refractivity contribution in [3.8, 4) is 11.5 Å². The summed E-state index contributed by atoms with van der Waals surface area (Å²) < 4.78 is 10.8. The minimum atomic E-state index is -0.0449. The van der Waals surface area contributed by atoms with Crippen molar-refractivity contribution in [3.05, 3.63) is 53.1 Å². The van der Waals surface area contributed by atoms with Gasteiger partial charge in [-0.15, -0.1) is 0 Å². The lowest BCUT2D eigenvalue weighted by Crippen LogP contribution is -2.37. The predicted molar refractivity (Wildman–Crippen MR) is 122 cm³/mol. The maximum Gasteiger partial charge on any atom is 0.251 e. The van der Waals surface area contributed by atoms with Crippen LogP contribution in [-0.4, -0.2) is 56.9 Å². The number of carbonyl (C=O) groups excluding carboxylic acids is 1. The lowest BCUT2D eigenvalue weighted by Gasteiger charge is -2.29. The highest BCUT2D eigenvalue weighted by Gasteiger charge is 2.19. The fourth-order valence-corrected chi connectivity index (χ4v) is 4.11. The van der Waals surface area contributed by atoms with Gasteiger partial charge in [0.15, 0.2) is 11.5 Å². The standard InChI is InChI=1S/C24H30N4O3/c1-17-8-12-28(26-17)21-6-4-18(5-7-21)24(29)25-10-13-27-11-9-19-14-22(30-2)23(31-3)15-20(19)16-27/h4-7,14-15H,8-13,16H2,1-3H3,(H,25,29). The SMILES string of the molecule is COc1cc2c(cc1OC)CN(CCNC(=O)c1ccc(N3CCC(C)=N3)cc1)CC2. The number of benzene rings is 2.